The van der Waals surface area contributed by atoms with Crippen molar-refractivity contribution in [1.82, 2.24) is 20.0 Å². The lowest BCUT2D eigenvalue weighted by Gasteiger charge is -2.34. The second kappa shape index (κ2) is 10.1. The van der Waals surface area contributed by atoms with Gasteiger partial charge >= 0.3 is 0 Å². The third kappa shape index (κ3) is 4.80. The van der Waals surface area contributed by atoms with E-state index in [0.717, 1.165) is 55.7 Å². The Morgan fingerprint density at radius 3 is 2.90 bits per heavy atom. The number of carbonyl (C=O) groups excluding carboxylic acids is 1. The topological polar surface area (TPSA) is 68.6 Å². The Labute approximate surface area is 184 Å². The molecule has 166 valence electrons. The third-order valence-electron chi connectivity index (χ3n) is 5.98. The fraction of sp³-hybridized carbons (Fsp3) is 0.636. The maximum atomic E-state index is 13.2. The summed E-state index contributed by atoms with van der Waals surface area (Å²) >= 11 is 0. The molecule has 2 aliphatic rings. The highest BCUT2D eigenvalue weighted by Crippen LogP contribution is 2.36. The van der Waals surface area contributed by atoms with Crippen LogP contribution in [0.3, 0.4) is 0 Å². The average Bonchev–Trinajstić information content (AvgIpc) is 3.53. The first kappa shape index (κ1) is 23.0. The van der Waals surface area contributed by atoms with Crippen molar-refractivity contribution in [1.29, 1.82) is 0 Å². The molecule has 1 aliphatic heterocycles. The lowest BCUT2D eigenvalue weighted by atomic mass is 10.0. The van der Waals surface area contributed by atoms with E-state index in [9.17, 15) is 4.79 Å². The number of amides is 1. The Bertz CT molecular complexity index is 861. The molecule has 1 aliphatic carbocycles. The van der Waals surface area contributed by atoms with E-state index in [1.165, 1.54) is 5.39 Å². The zero-order valence-electron chi connectivity index (χ0n) is 18.1. The van der Waals surface area contributed by atoms with Gasteiger partial charge in [0.25, 0.3) is 5.91 Å². The largest absolute Gasteiger partial charge is 0.385 e. The zero-order chi connectivity index (χ0) is 20.4. The summed E-state index contributed by atoms with van der Waals surface area (Å²) in [5, 5.41) is 9.16. The van der Waals surface area contributed by atoms with Gasteiger partial charge in [-0.05, 0) is 44.7 Å². The van der Waals surface area contributed by atoms with Crippen molar-refractivity contribution < 1.29 is 14.3 Å². The van der Waals surface area contributed by atoms with Crippen LogP contribution >= 0.6 is 12.4 Å². The molecule has 1 aromatic carbocycles. The van der Waals surface area contributed by atoms with Crippen molar-refractivity contribution in [3.05, 3.63) is 29.5 Å². The molecule has 1 saturated heterocycles. The van der Waals surface area contributed by atoms with Gasteiger partial charge in [-0.15, -0.1) is 12.4 Å². The van der Waals surface area contributed by atoms with Gasteiger partial charge in [0.05, 0.1) is 23.9 Å². The normalized spacial score (nSPS) is 20.0. The number of nitrogens with zero attached hydrogens (tertiary/aromatic N) is 3. The number of benzene rings is 1. The molecule has 7 nitrogen and oxygen atoms in total. The summed E-state index contributed by atoms with van der Waals surface area (Å²) in [6.07, 6.45) is 2.70. The predicted molar refractivity (Wildman–Crippen MR) is 119 cm³/mol. The number of rotatable bonds is 8. The molecule has 1 aromatic heterocycles. The van der Waals surface area contributed by atoms with Gasteiger partial charge in [0, 0.05) is 44.8 Å². The first-order valence-electron chi connectivity index (χ1n) is 10.7. The molecule has 4 rings (SSSR count). The molecule has 0 radical (unpaired) electrons. The molecule has 2 atom stereocenters. The van der Waals surface area contributed by atoms with Crippen LogP contribution in [-0.2, 0) is 20.8 Å². The number of halogens is 1. The van der Waals surface area contributed by atoms with E-state index in [1.54, 1.807) is 7.11 Å². The van der Waals surface area contributed by atoms with Crippen molar-refractivity contribution in [3.63, 3.8) is 0 Å². The van der Waals surface area contributed by atoms with Crippen LogP contribution in [0, 0.1) is 6.92 Å². The van der Waals surface area contributed by atoms with Crippen LogP contribution in [0.4, 0.5) is 0 Å². The predicted octanol–water partition coefficient (Wildman–Crippen LogP) is 2.84. The van der Waals surface area contributed by atoms with Crippen LogP contribution in [0.2, 0.25) is 0 Å². The second-order valence-electron chi connectivity index (χ2n) is 8.15. The number of hydrogen-bond donors (Lipinski definition) is 1. The highest BCUT2D eigenvalue weighted by atomic mass is 35.5. The standard InChI is InChI=1S/C22H32N4O3.ClH/c1-15-19-8-5-17(13-20(19)25(24-15)10-4-11-28-3)16(2)26(18-6-7-18)22(27)21-14-23-9-12-29-21;/h5,8,13,16,18,21,23H,4,6-7,9-12,14H2,1-3H3;1H/t16-,21-;/m1./s1. The fourth-order valence-electron chi connectivity index (χ4n) is 4.24. The Morgan fingerprint density at radius 1 is 1.43 bits per heavy atom. The molecular weight excluding hydrogens is 404 g/mol. The second-order valence-corrected chi connectivity index (χ2v) is 8.15. The highest BCUT2D eigenvalue weighted by Gasteiger charge is 2.40. The number of methoxy groups -OCH3 is 1. The van der Waals surface area contributed by atoms with Crippen LogP contribution in [0.25, 0.3) is 10.9 Å². The lowest BCUT2D eigenvalue weighted by Crippen LogP contribution is -2.50. The van der Waals surface area contributed by atoms with Crippen molar-refractivity contribution in [2.45, 2.75) is 57.8 Å². The molecule has 1 saturated carbocycles. The molecular formula is C22H33ClN4O3. The van der Waals surface area contributed by atoms with E-state index in [-0.39, 0.29) is 30.5 Å². The summed E-state index contributed by atoms with van der Waals surface area (Å²) in [4.78, 5) is 15.3. The number of carbonyl (C=O) groups is 1. The Balaban J connectivity index is 0.00000256. The average molecular weight is 437 g/mol. The minimum Gasteiger partial charge on any atom is -0.385 e. The minimum absolute atomic E-state index is 0. The first-order chi connectivity index (χ1) is 14.1. The van der Waals surface area contributed by atoms with E-state index in [0.29, 0.717) is 19.2 Å². The minimum atomic E-state index is -0.377. The highest BCUT2D eigenvalue weighted by molar-refractivity contribution is 5.85. The number of ether oxygens (including phenoxy) is 2. The monoisotopic (exact) mass is 436 g/mol. The van der Waals surface area contributed by atoms with Crippen LogP contribution in [0.1, 0.15) is 43.5 Å². The van der Waals surface area contributed by atoms with Crippen molar-refractivity contribution in [3.8, 4) is 0 Å². The Kier molecular flexibility index (Phi) is 7.74. The number of nitrogens with one attached hydrogen (secondary N) is 1. The summed E-state index contributed by atoms with van der Waals surface area (Å²) in [7, 11) is 1.72. The van der Waals surface area contributed by atoms with Gasteiger partial charge in [0.1, 0.15) is 6.10 Å². The summed E-state index contributed by atoms with van der Waals surface area (Å²) in [5.74, 6) is 0.108. The molecule has 0 spiro atoms. The van der Waals surface area contributed by atoms with Gasteiger partial charge < -0.3 is 19.7 Å². The van der Waals surface area contributed by atoms with Crippen LogP contribution in [0.5, 0.6) is 0 Å². The van der Waals surface area contributed by atoms with Gasteiger partial charge in [-0.25, -0.2) is 0 Å². The number of morpholine rings is 1. The molecule has 1 amide bonds. The smallest absolute Gasteiger partial charge is 0.253 e. The van der Waals surface area contributed by atoms with Crippen molar-refractivity contribution in [2.24, 2.45) is 0 Å². The van der Waals surface area contributed by atoms with Gasteiger partial charge in [0.2, 0.25) is 0 Å². The number of hydrogen-bond acceptors (Lipinski definition) is 5. The maximum Gasteiger partial charge on any atom is 0.253 e. The molecule has 2 aromatic rings. The summed E-state index contributed by atoms with van der Waals surface area (Å²) in [5.41, 5.74) is 3.31. The van der Waals surface area contributed by atoms with E-state index in [1.807, 2.05) is 6.92 Å². The van der Waals surface area contributed by atoms with Gasteiger partial charge in [-0.2, -0.15) is 5.10 Å². The van der Waals surface area contributed by atoms with E-state index in [2.05, 4.69) is 40.0 Å². The van der Waals surface area contributed by atoms with Gasteiger partial charge in [0.15, 0.2) is 0 Å². The first-order valence-corrected chi connectivity index (χ1v) is 10.7. The van der Waals surface area contributed by atoms with Crippen LogP contribution in [-0.4, -0.2) is 66.1 Å². The molecule has 8 heteroatoms. The van der Waals surface area contributed by atoms with Crippen molar-refractivity contribution in [2.75, 3.05) is 33.4 Å². The fourth-order valence-corrected chi connectivity index (χ4v) is 4.24. The molecule has 2 heterocycles. The third-order valence-corrected chi connectivity index (χ3v) is 5.98. The Hall–Kier alpha value is -1.67. The van der Waals surface area contributed by atoms with E-state index >= 15 is 0 Å². The molecule has 30 heavy (non-hydrogen) atoms. The lowest BCUT2D eigenvalue weighted by molar-refractivity contribution is -0.148. The molecule has 1 N–H and O–H groups in total. The SMILES string of the molecule is COCCCn1nc(C)c2ccc([C@@H](C)N(C(=O)[C@H]3CNCCO3)C3CC3)cc21.Cl. The number of aryl methyl sites for hydroxylation is 2. The molecule has 0 unspecified atom stereocenters. The summed E-state index contributed by atoms with van der Waals surface area (Å²) in [6.45, 7) is 7.72. The summed E-state index contributed by atoms with van der Waals surface area (Å²) in [6, 6.07) is 6.82. The quantitative estimate of drug-likeness (QED) is 0.644. The maximum absolute atomic E-state index is 13.2. The van der Waals surface area contributed by atoms with Crippen LogP contribution in [0.15, 0.2) is 18.2 Å². The van der Waals surface area contributed by atoms with Crippen molar-refractivity contribution >= 4 is 29.2 Å². The molecule has 0 bridgehead atoms. The Morgan fingerprint density at radius 2 is 2.23 bits per heavy atom. The van der Waals surface area contributed by atoms with Gasteiger partial charge in [-0.1, -0.05) is 12.1 Å². The van der Waals surface area contributed by atoms with E-state index in [4.69, 9.17) is 14.6 Å². The number of fused-ring (bicyclic) bond motifs is 1. The summed E-state index contributed by atoms with van der Waals surface area (Å²) < 4.78 is 13.0. The molecule has 2 fully saturated rings. The van der Waals surface area contributed by atoms with E-state index < -0.39 is 0 Å². The van der Waals surface area contributed by atoms with Crippen LogP contribution < -0.4 is 5.32 Å². The van der Waals surface area contributed by atoms with Gasteiger partial charge in [-0.3, -0.25) is 9.48 Å². The number of aromatic nitrogens is 2. The zero-order valence-corrected chi connectivity index (χ0v) is 18.9.